The fourth-order valence-electron chi connectivity index (χ4n) is 2.21. The van der Waals surface area contributed by atoms with Gasteiger partial charge in [0, 0.05) is 22.0 Å². The minimum absolute atomic E-state index is 0.403. The van der Waals surface area contributed by atoms with E-state index in [-0.39, 0.29) is 0 Å². The van der Waals surface area contributed by atoms with Crippen LogP contribution in [0.25, 0.3) is 10.1 Å². The molecule has 1 atom stereocenters. The summed E-state index contributed by atoms with van der Waals surface area (Å²) >= 11 is 1.89. The van der Waals surface area contributed by atoms with E-state index in [1.54, 1.807) is 0 Å². The molecule has 0 saturated carbocycles. The molecule has 0 spiro atoms. The second kappa shape index (κ2) is 6.04. The van der Waals surface area contributed by atoms with Crippen LogP contribution in [0.4, 0.5) is 0 Å². The molecule has 1 nitrogen and oxygen atoms in total. The number of hydrogen-bond donors (Lipinski definition) is 1. The lowest BCUT2D eigenvalue weighted by Crippen LogP contribution is -2.19. The molecule has 94 valence electrons. The molecule has 18 heavy (non-hydrogen) atoms. The highest BCUT2D eigenvalue weighted by molar-refractivity contribution is 7.19. The van der Waals surface area contributed by atoms with Gasteiger partial charge < -0.3 is 5.32 Å². The third-order valence-corrected chi connectivity index (χ3v) is 4.68. The van der Waals surface area contributed by atoms with Gasteiger partial charge in [0.15, 0.2) is 0 Å². The number of nitrogens with one attached hydrogen (secondary N) is 1. The smallest absolute Gasteiger partial charge is 0.0389 e. The Balaban J connectivity index is 2.10. The predicted molar refractivity (Wildman–Crippen MR) is 81.0 cm³/mol. The lowest BCUT2D eigenvalue weighted by atomic mass is 10.1. The van der Waals surface area contributed by atoms with E-state index in [4.69, 9.17) is 6.42 Å². The second-order valence-corrected chi connectivity index (χ2v) is 5.65. The van der Waals surface area contributed by atoms with E-state index < -0.39 is 0 Å². The molecule has 0 aliphatic carbocycles. The maximum absolute atomic E-state index is 5.26. The average Bonchev–Trinajstić information content (AvgIpc) is 2.73. The van der Waals surface area contributed by atoms with Gasteiger partial charge in [-0.2, -0.15) is 0 Å². The van der Waals surface area contributed by atoms with Crippen molar-refractivity contribution in [1.29, 1.82) is 0 Å². The number of unbranched alkanes of at least 4 members (excludes halogenated alkanes) is 1. The van der Waals surface area contributed by atoms with E-state index in [0.717, 1.165) is 19.4 Å². The Hall–Kier alpha value is -1.30. The molecule has 1 aromatic heterocycles. The molecule has 0 bridgehead atoms. The third-order valence-electron chi connectivity index (χ3n) is 3.22. The zero-order valence-electron chi connectivity index (χ0n) is 11.0. The fraction of sp³-hybridized carbons (Fsp3) is 0.375. The summed E-state index contributed by atoms with van der Waals surface area (Å²) in [5.41, 5.74) is 1.41. The van der Waals surface area contributed by atoms with E-state index in [0.29, 0.717) is 6.04 Å². The van der Waals surface area contributed by atoms with Gasteiger partial charge in [-0.15, -0.1) is 23.7 Å². The SMILES string of the molecule is C#CCCCNC(C)c1sc2ccccc2c1C. The first-order valence-electron chi connectivity index (χ1n) is 6.39. The number of thiophene rings is 1. The molecule has 0 fully saturated rings. The van der Waals surface area contributed by atoms with Crippen molar-refractivity contribution >= 4 is 21.4 Å². The fourth-order valence-corrected chi connectivity index (χ4v) is 3.45. The zero-order chi connectivity index (χ0) is 13.0. The second-order valence-electron chi connectivity index (χ2n) is 4.57. The Morgan fingerprint density at radius 1 is 1.39 bits per heavy atom. The maximum Gasteiger partial charge on any atom is 0.0389 e. The van der Waals surface area contributed by atoms with Crippen LogP contribution in [-0.4, -0.2) is 6.54 Å². The Morgan fingerprint density at radius 3 is 2.89 bits per heavy atom. The third kappa shape index (κ3) is 2.75. The zero-order valence-corrected chi connectivity index (χ0v) is 11.8. The van der Waals surface area contributed by atoms with Crippen LogP contribution >= 0.6 is 11.3 Å². The van der Waals surface area contributed by atoms with Crippen molar-refractivity contribution in [3.8, 4) is 12.3 Å². The van der Waals surface area contributed by atoms with Crippen molar-refractivity contribution in [2.75, 3.05) is 6.54 Å². The summed E-state index contributed by atoms with van der Waals surface area (Å²) in [6.07, 6.45) is 7.15. The number of aryl methyl sites for hydroxylation is 1. The largest absolute Gasteiger partial charge is 0.309 e. The van der Waals surface area contributed by atoms with Crippen LogP contribution in [-0.2, 0) is 0 Å². The minimum Gasteiger partial charge on any atom is -0.309 e. The molecule has 1 heterocycles. The highest BCUT2D eigenvalue weighted by Gasteiger charge is 2.13. The van der Waals surface area contributed by atoms with E-state index in [1.807, 2.05) is 11.3 Å². The number of hydrogen-bond acceptors (Lipinski definition) is 2. The van der Waals surface area contributed by atoms with Gasteiger partial charge in [-0.1, -0.05) is 18.2 Å². The van der Waals surface area contributed by atoms with Crippen molar-refractivity contribution in [1.82, 2.24) is 5.32 Å². The summed E-state index contributed by atoms with van der Waals surface area (Å²) in [6, 6.07) is 9.02. The molecule has 0 radical (unpaired) electrons. The van der Waals surface area contributed by atoms with Crippen LogP contribution in [0.2, 0.25) is 0 Å². The van der Waals surface area contributed by atoms with Crippen LogP contribution in [0.5, 0.6) is 0 Å². The first-order chi connectivity index (χ1) is 8.74. The lowest BCUT2D eigenvalue weighted by Gasteiger charge is -2.12. The predicted octanol–water partition coefficient (Wildman–Crippen LogP) is 4.27. The highest BCUT2D eigenvalue weighted by Crippen LogP contribution is 2.34. The lowest BCUT2D eigenvalue weighted by molar-refractivity contribution is 0.568. The molecule has 0 aliphatic rings. The van der Waals surface area contributed by atoms with Gasteiger partial charge in [0.2, 0.25) is 0 Å². The van der Waals surface area contributed by atoms with Crippen LogP contribution in [0.3, 0.4) is 0 Å². The van der Waals surface area contributed by atoms with Crippen molar-refractivity contribution in [2.45, 2.75) is 32.7 Å². The van der Waals surface area contributed by atoms with Crippen LogP contribution in [0, 0.1) is 19.3 Å². The average molecular weight is 257 g/mol. The van der Waals surface area contributed by atoms with Gasteiger partial charge in [0.25, 0.3) is 0 Å². The molecule has 2 rings (SSSR count). The summed E-state index contributed by atoms with van der Waals surface area (Å²) in [6.45, 7) is 5.43. The van der Waals surface area contributed by atoms with Gasteiger partial charge in [-0.25, -0.2) is 0 Å². The summed E-state index contributed by atoms with van der Waals surface area (Å²) < 4.78 is 1.38. The summed E-state index contributed by atoms with van der Waals surface area (Å²) in [7, 11) is 0. The van der Waals surface area contributed by atoms with Gasteiger partial charge >= 0.3 is 0 Å². The first-order valence-corrected chi connectivity index (χ1v) is 7.20. The van der Waals surface area contributed by atoms with Gasteiger partial charge in [0.1, 0.15) is 0 Å². The van der Waals surface area contributed by atoms with Crippen molar-refractivity contribution < 1.29 is 0 Å². The van der Waals surface area contributed by atoms with E-state index in [2.05, 4.69) is 49.4 Å². The minimum atomic E-state index is 0.403. The van der Waals surface area contributed by atoms with E-state index in [9.17, 15) is 0 Å². The van der Waals surface area contributed by atoms with E-state index >= 15 is 0 Å². The molecule has 0 saturated heterocycles. The maximum atomic E-state index is 5.26. The highest BCUT2D eigenvalue weighted by atomic mass is 32.1. The molecular formula is C16H19NS. The number of rotatable bonds is 5. The summed E-state index contributed by atoms with van der Waals surface area (Å²) in [5, 5.41) is 4.93. The number of terminal acetylenes is 1. The molecule has 2 heteroatoms. The van der Waals surface area contributed by atoms with Crippen LogP contribution in [0.1, 0.15) is 36.2 Å². The van der Waals surface area contributed by atoms with Crippen molar-refractivity contribution in [2.24, 2.45) is 0 Å². The van der Waals surface area contributed by atoms with Crippen molar-refractivity contribution in [3.63, 3.8) is 0 Å². The first kappa shape index (κ1) is 13.1. The monoisotopic (exact) mass is 257 g/mol. The molecule has 1 unspecified atom stereocenters. The normalized spacial score (nSPS) is 12.5. The molecule has 0 amide bonds. The Kier molecular flexibility index (Phi) is 4.41. The van der Waals surface area contributed by atoms with Gasteiger partial charge in [-0.3, -0.25) is 0 Å². The Morgan fingerprint density at radius 2 is 2.17 bits per heavy atom. The summed E-state index contributed by atoms with van der Waals surface area (Å²) in [5.74, 6) is 2.68. The topological polar surface area (TPSA) is 12.0 Å². The van der Waals surface area contributed by atoms with Gasteiger partial charge in [-0.05, 0) is 43.8 Å². The summed E-state index contributed by atoms with van der Waals surface area (Å²) in [4.78, 5) is 1.44. The number of fused-ring (bicyclic) bond motifs is 1. The van der Waals surface area contributed by atoms with Crippen LogP contribution in [0.15, 0.2) is 24.3 Å². The van der Waals surface area contributed by atoms with Crippen molar-refractivity contribution in [3.05, 3.63) is 34.7 Å². The Bertz CT molecular complexity index is 562. The Labute approximate surface area is 113 Å². The quantitative estimate of drug-likeness (QED) is 0.623. The molecule has 1 aromatic carbocycles. The molecule has 0 aliphatic heterocycles. The number of benzene rings is 1. The molecule has 1 N–H and O–H groups in total. The molecule has 2 aromatic rings. The van der Waals surface area contributed by atoms with Crippen LogP contribution < -0.4 is 5.32 Å². The molecular weight excluding hydrogens is 238 g/mol. The van der Waals surface area contributed by atoms with Gasteiger partial charge in [0.05, 0.1) is 0 Å². The van der Waals surface area contributed by atoms with E-state index in [1.165, 1.54) is 20.5 Å². The standard InChI is InChI=1S/C16H19NS/c1-4-5-8-11-17-13(3)16-12(2)14-9-6-7-10-15(14)18-16/h1,6-7,9-10,13,17H,5,8,11H2,2-3H3.